The van der Waals surface area contributed by atoms with E-state index in [2.05, 4.69) is 52.8 Å². The Morgan fingerprint density at radius 1 is 1.25 bits per heavy atom. The first kappa shape index (κ1) is 16.9. The summed E-state index contributed by atoms with van der Waals surface area (Å²) in [6.07, 6.45) is 4.62. The van der Waals surface area contributed by atoms with E-state index < -0.39 is 5.97 Å². The van der Waals surface area contributed by atoms with Crippen LogP contribution in [0.4, 0.5) is 0 Å². The van der Waals surface area contributed by atoms with Gasteiger partial charge in [0.1, 0.15) is 0 Å². The van der Waals surface area contributed by atoms with Crippen molar-refractivity contribution in [2.75, 3.05) is 19.6 Å². The maximum absolute atomic E-state index is 10.8. The normalized spacial score (nSPS) is 18.8. The van der Waals surface area contributed by atoms with Gasteiger partial charge in [-0.2, -0.15) is 0 Å². The second kappa shape index (κ2) is 8.27. The minimum atomic E-state index is -0.675. The molecule has 2 heterocycles. The molecule has 2 aromatic rings. The van der Waals surface area contributed by atoms with Crippen molar-refractivity contribution in [2.24, 2.45) is 5.92 Å². The van der Waals surface area contributed by atoms with E-state index in [0.29, 0.717) is 12.3 Å². The lowest BCUT2D eigenvalue weighted by Crippen LogP contribution is -2.22. The second-order valence-corrected chi connectivity index (χ2v) is 7.25. The monoisotopic (exact) mass is 341 g/mol. The van der Waals surface area contributed by atoms with Crippen molar-refractivity contribution in [1.82, 2.24) is 4.90 Å². The molecule has 1 unspecified atom stereocenters. The third-order valence-corrected chi connectivity index (χ3v) is 5.40. The molecule has 0 radical (unpaired) electrons. The summed E-state index contributed by atoms with van der Waals surface area (Å²) in [5.41, 5.74) is 2.55. The van der Waals surface area contributed by atoms with Crippen LogP contribution in [0, 0.1) is 5.92 Å². The predicted molar refractivity (Wildman–Crippen MR) is 99.3 cm³/mol. The van der Waals surface area contributed by atoms with Crippen molar-refractivity contribution in [3.8, 4) is 0 Å². The lowest BCUT2D eigenvalue weighted by atomic mass is 10.0. The molecular formula is C20H23NO2S. The van der Waals surface area contributed by atoms with Gasteiger partial charge in [-0.1, -0.05) is 42.5 Å². The van der Waals surface area contributed by atoms with Gasteiger partial charge in [0.25, 0.3) is 0 Å². The molecule has 1 N–H and O–H groups in total. The van der Waals surface area contributed by atoms with Crippen LogP contribution in [0.2, 0.25) is 0 Å². The first-order valence-corrected chi connectivity index (χ1v) is 9.34. The molecule has 1 saturated heterocycles. The Kier molecular flexibility index (Phi) is 5.83. The third kappa shape index (κ3) is 4.56. The maximum atomic E-state index is 10.8. The molecule has 3 rings (SSSR count). The van der Waals surface area contributed by atoms with E-state index >= 15 is 0 Å². The minimum absolute atomic E-state index is 0.302. The van der Waals surface area contributed by atoms with E-state index in [9.17, 15) is 4.79 Å². The maximum Gasteiger partial charge on any atom is 0.303 e. The number of carboxylic acids is 1. The van der Waals surface area contributed by atoms with Crippen LogP contribution in [0.5, 0.6) is 0 Å². The summed E-state index contributed by atoms with van der Waals surface area (Å²) in [7, 11) is 0. The highest BCUT2D eigenvalue weighted by Crippen LogP contribution is 2.28. The molecule has 1 aromatic carbocycles. The third-order valence-electron chi connectivity index (χ3n) is 4.50. The Labute approximate surface area is 147 Å². The fraction of sp³-hybridized carbons (Fsp3) is 0.350. The number of aliphatic carboxylic acids is 1. The Morgan fingerprint density at radius 2 is 2.08 bits per heavy atom. The Bertz CT molecular complexity index is 679. The number of nitrogens with zero attached hydrogens (tertiary/aromatic N) is 1. The zero-order valence-electron chi connectivity index (χ0n) is 13.7. The molecule has 1 aliphatic heterocycles. The molecule has 3 nitrogen and oxygen atoms in total. The van der Waals surface area contributed by atoms with Crippen LogP contribution in [0.15, 0.2) is 53.9 Å². The number of hydrogen-bond acceptors (Lipinski definition) is 3. The number of benzene rings is 1. The molecule has 4 heteroatoms. The second-order valence-electron chi connectivity index (χ2n) is 6.30. The van der Waals surface area contributed by atoms with Crippen LogP contribution >= 0.6 is 11.3 Å². The van der Waals surface area contributed by atoms with Gasteiger partial charge >= 0.3 is 5.97 Å². The van der Waals surface area contributed by atoms with Crippen molar-refractivity contribution in [3.63, 3.8) is 0 Å². The average molecular weight is 341 g/mol. The molecule has 0 amide bonds. The molecule has 0 aliphatic carbocycles. The van der Waals surface area contributed by atoms with Crippen LogP contribution in [-0.2, 0) is 4.79 Å². The zero-order chi connectivity index (χ0) is 16.8. The van der Waals surface area contributed by atoms with E-state index in [4.69, 9.17) is 5.11 Å². The lowest BCUT2D eigenvalue weighted by Gasteiger charge is -2.15. The summed E-state index contributed by atoms with van der Waals surface area (Å²) in [6, 6.07) is 14.8. The van der Waals surface area contributed by atoms with E-state index in [0.717, 1.165) is 32.5 Å². The molecule has 126 valence electrons. The summed E-state index contributed by atoms with van der Waals surface area (Å²) >= 11 is 1.77. The van der Waals surface area contributed by atoms with Crippen molar-refractivity contribution < 1.29 is 9.90 Å². The predicted octanol–water partition coefficient (Wildman–Crippen LogP) is 4.37. The van der Waals surface area contributed by atoms with Crippen LogP contribution < -0.4 is 0 Å². The number of carboxylic acid groups (broad SMARTS) is 1. The highest BCUT2D eigenvalue weighted by atomic mass is 32.1. The van der Waals surface area contributed by atoms with Crippen molar-refractivity contribution in [1.29, 1.82) is 0 Å². The van der Waals surface area contributed by atoms with Gasteiger partial charge in [0.05, 0.1) is 0 Å². The fourth-order valence-corrected chi connectivity index (χ4v) is 4.12. The fourth-order valence-electron chi connectivity index (χ4n) is 3.33. The number of hydrogen-bond donors (Lipinski definition) is 1. The summed E-state index contributed by atoms with van der Waals surface area (Å²) in [5.74, 6) is -0.358. The van der Waals surface area contributed by atoms with Crippen LogP contribution in [-0.4, -0.2) is 35.6 Å². The quantitative estimate of drug-likeness (QED) is 0.813. The first-order valence-electron chi connectivity index (χ1n) is 8.46. The smallest absolute Gasteiger partial charge is 0.303 e. The van der Waals surface area contributed by atoms with Gasteiger partial charge in [0.15, 0.2) is 0 Å². The van der Waals surface area contributed by atoms with Gasteiger partial charge in [-0.25, -0.2) is 0 Å². The molecule has 1 aromatic heterocycles. The van der Waals surface area contributed by atoms with Crippen molar-refractivity contribution in [2.45, 2.75) is 19.3 Å². The Morgan fingerprint density at radius 3 is 2.79 bits per heavy atom. The van der Waals surface area contributed by atoms with E-state index in [1.807, 2.05) is 6.07 Å². The van der Waals surface area contributed by atoms with Gasteiger partial charge in [-0.3, -0.25) is 4.79 Å². The standard InChI is InChI=1S/C20H23NO2S/c22-20(23)14-16-10-12-21(15-16)11-4-8-18(19-9-5-13-24-19)17-6-2-1-3-7-17/h1-3,5-9,13,16H,4,10-12,14-15H2,(H,22,23)/b18-8+. The van der Waals surface area contributed by atoms with Gasteiger partial charge in [-0.05, 0) is 47.9 Å². The van der Waals surface area contributed by atoms with Crippen molar-refractivity contribution >= 4 is 22.9 Å². The number of carbonyl (C=O) groups is 1. The van der Waals surface area contributed by atoms with E-state index in [1.165, 1.54) is 16.0 Å². The highest BCUT2D eigenvalue weighted by Gasteiger charge is 2.23. The van der Waals surface area contributed by atoms with Gasteiger partial charge in [0.2, 0.25) is 0 Å². The van der Waals surface area contributed by atoms with E-state index in [1.54, 1.807) is 11.3 Å². The summed E-state index contributed by atoms with van der Waals surface area (Å²) in [4.78, 5) is 14.5. The average Bonchev–Trinajstić information content (AvgIpc) is 3.24. The van der Waals surface area contributed by atoms with Gasteiger partial charge in [-0.15, -0.1) is 11.3 Å². The van der Waals surface area contributed by atoms with Crippen LogP contribution in [0.3, 0.4) is 0 Å². The molecule has 1 fully saturated rings. The summed E-state index contributed by atoms with van der Waals surface area (Å²) < 4.78 is 0. The summed E-state index contributed by atoms with van der Waals surface area (Å²) in [6.45, 7) is 2.93. The molecule has 1 aliphatic rings. The molecule has 0 spiro atoms. The number of thiophene rings is 1. The first-order chi connectivity index (χ1) is 11.7. The molecular weight excluding hydrogens is 318 g/mol. The molecule has 0 bridgehead atoms. The molecule has 0 saturated carbocycles. The SMILES string of the molecule is O=C(O)CC1CCN(CC/C=C(\c2ccccc2)c2cccs2)C1. The van der Waals surface area contributed by atoms with Crippen LogP contribution in [0.25, 0.3) is 5.57 Å². The topological polar surface area (TPSA) is 40.5 Å². The molecule has 1 atom stereocenters. The van der Waals surface area contributed by atoms with Gasteiger partial charge in [0, 0.05) is 24.4 Å². The number of rotatable bonds is 7. The van der Waals surface area contributed by atoms with E-state index in [-0.39, 0.29) is 0 Å². The largest absolute Gasteiger partial charge is 0.481 e. The van der Waals surface area contributed by atoms with Crippen LogP contribution in [0.1, 0.15) is 29.7 Å². The molecule has 24 heavy (non-hydrogen) atoms. The zero-order valence-corrected chi connectivity index (χ0v) is 14.5. The lowest BCUT2D eigenvalue weighted by molar-refractivity contribution is -0.138. The summed E-state index contributed by atoms with van der Waals surface area (Å²) in [5, 5.41) is 11.0. The Balaban J connectivity index is 1.62. The number of likely N-dealkylation sites (tertiary alicyclic amines) is 1. The Hall–Kier alpha value is -1.91. The highest BCUT2D eigenvalue weighted by molar-refractivity contribution is 7.11. The van der Waals surface area contributed by atoms with Gasteiger partial charge < -0.3 is 10.0 Å². The minimum Gasteiger partial charge on any atom is -0.481 e. The van der Waals surface area contributed by atoms with Crippen molar-refractivity contribution in [3.05, 3.63) is 64.4 Å².